The van der Waals surface area contributed by atoms with Crippen LogP contribution in [0.3, 0.4) is 0 Å². The van der Waals surface area contributed by atoms with Crippen LogP contribution in [0.2, 0.25) is 0 Å². The zero-order valence-corrected chi connectivity index (χ0v) is 10.9. The summed E-state index contributed by atoms with van der Waals surface area (Å²) in [5, 5.41) is 5.87. The number of rotatable bonds is 3. The summed E-state index contributed by atoms with van der Waals surface area (Å²) in [6, 6.07) is 10.1. The van der Waals surface area contributed by atoms with Gasteiger partial charge in [-0.1, -0.05) is 18.2 Å². The third kappa shape index (κ3) is 2.05. The Balaban J connectivity index is 2.09. The molecule has 0 fully saturated rings. The lowest BCUT2D eigenvalue weighted by Gasteiger charge is -2.02. The maximum atomic E-state index is 5.98. The molecular formula is C15H16N4. The van der Waals surface area contributed by atoms with Crippen LogP contribution in [0.1, 0.15) is 18.2 Å². The van der Waals surface area contributed by atoms with E-state index in [1.54, 1.807) is 6.20 Å². The van der Waals surface area contributed by atoms with E-state index in [2.05, 4.69) is 29.1 Å². The molecule has 2 aromatic heterocycles. The molecule has 0 aliphatic rings. The summed E-state index contributed by atoms with van der Waals surface area (Å²) in [6.07, 6.45) is 4.24. The first kappa shape index (κ1) is 11.7. The van der Waals surface area contributed by atoms with Gasteiger partial charge in [-0.25, -0.2) is 0 Å². The lowest BCUT2D eigenvalue weighted by Crippen LogP contribution is -1.99. The number of pyridine rings is 1. The standard InChI is InChI=1S/C15H16N4/c1-2-19-15-6-4-3-5-12(15)14(18-19)9-11-10-17-8-7-13(11)16/h3-8,10H,2,9H2,1H3,(H2,16,17). The molecule has 0 amide bonds. The Morgan fingerprint density at radius 1 is 1.21 bits per heavy atom. The molecule has 0 unspecified atom stereocenters. The van der Waals surface area contributed by atoms with Crippen molar-refractivity contribution in [3.05, 3.63) is 54.0 Å². The van der Waals surface area contributed by atoms with E-state index in [1.165, 1.54) is 10.9 Å². The fourth-order valence-corrected chi connectivity index (χ4v) is 2.33. The Hall–Kier alpha value is -2.36. The van der Waals surface area contributed by atoms with Crippen LogP contribution in [0.4, 0.5) is 5.69 Å². The number of nitrogens with zero attached hydrogens (tertiary/aromatic N) is 3. The highest BCUT2D eigenvalue weighted by atomic mass is 15.3. The summed E-state index contributed by atoms with van der Waals surface area (Å²) in [4.78, 5) is 4.13. The number of hydrogen-bond acceptors (Lipinski definition) is 3. The van der Waals surface area contributed by atoms with Gasteiger partial charge >= 0.3 is 0 Å². The van der Waals surface area contributed by atoms with Crippen molar-refractivity contribution in [1.29, 1.82) is 0 Å². The molecule has 3 aromatic rings. The number of benzene rings is 1. The highest BCUT2D eigenvalue weighted by Crippen LogP contribution is 2.22. The van der Waals surface area contributed by atoms with Crippen molar-refractivity contribution in [2.24, 2.45) is 0 Å². The number of anilines is 1. The van der Waals surface area contributed by atoms with Crippen molar-refractivity contribution in [3.8, 4) is 0 Å². The molecule has 0 saturated heterocycles. The van der Waals surface area contributed by atoms with Gasteiger partial charge < -0.3 is 5.73 Å². The van der Waals surface area contributed by atoms with Gasteiger partial charge in [-0.05, 0) is 24.6 Å². The molecule has 96 valence electrons. The molecule has 0 aliphatic carbocycles. The fraction of sp³-hybridized carbons (Fsp3) is 0.200. The molecule has 0 aliphatic heterocycles. The zero-order valence-electron chi connectivity index (χ0n) is 10.9. The lowest BCUT2D eigenvalue weighted by molar-refractivity contribution is 0.672. The Morgan fingerprint density at radius 3 is 2.84 bits per heavy atom. The number of nitrogens with two attached hydrogens (primary N) is 1. The van der Waals surface area contributed by atoms with E-state index in [0.717, 1.165) is 23.5 Å². The molecule has 0 atom stereocenters. The normalized spacial score (nSPS) is 11.0. The molecule has 4 heteroatoms. The van der Waals surface area contributed by atoms with Gasteiger partial charge in [0.25, 0.3) is 0 Å². The van der Waals surface area contributed by atoms with Gasteiger partial charge in [-0.15, -0.1) is 0 Å². The van der Waals surface area contributed by atoms with Crippen molar-refractivity contribution < 1.29 is 0 Å². The second-order valence-corrected chi connectivity index (χ2v) is 4.53. The Kier molecular flexibility index (Phi) is 2.91. The van der Waals surface area contributed by atoms with E-state index in [4.69, 9.17) is 5.73 Å². The molecule has 0 radical (unpaired) electrons. The van der Waals surface area contributed by atoms with Crippen molar-refractivity contribution >= 4 is 16.6 Å². The number of aromatic nitrogens is 3. The summed E-state index contributed by atoms with van der Waals surface area (Å²) in [5.74, 6) is 0. The van der Waals surface area contributed by atoms with E-state index >= 15 is 0 Å². The van der Waals surface area contributed by atoms with Crippen molar-refractivity contribution in [3.63, 3.8) is 0 Å². The van der Waals surface area contributed by atoms with Crippen molar-refractivity contribution in [2.45, 2.75) is 19.9 Å². The molecule has 2 heterocycles. The van der Waals surface area contributed by atoms with Crippen LogP contribution >= 0.6 is 0 Å². The maximum absolute atomic E-state index is 5.98. The molecule has 19 heavy (non-hydrogen) atoms. The molecule has 2 N–H and O–H groups in total. The first-order chi connectivity index (χ1) is 9.29. The van der Waals surface area contributed by atoms with Gasteiger partial charge in [0, 0.05) is 36.4 Å². The predicted molar refractivity (Wildman–Crippen MR) is 76.9 cm³/mol. The predicted octanol–water partition coefficient (Wildman–Crippen LogP) is 2.62. The SMILES string of the molecule is CCn1nc(Cc2cnccc2N)c2ccccc21. The first-order valence-corrected chi connectivity index (χ1v) is 6.42. The Morgan fingerprint density at radius 2 is 2.05 bits per heavy atom. The van der Waals surface area contributed by atoms with E-state index < -0.39 is 0 Å². The minimum Gasteiger partial charge on any atom is -0.398 e. The van der Waals surface area contributed by atoms with Gasteiger partial charge in [-0.3, -0.25) is 9.67 Å². The summed E-state index contributed by atoms with van der Waals surface area (Å²) in [5.41, 5.74) is 9.99. The number of fused-ring (bicyclic) bond motifs is 1. The summed E-state index contributed by atoms with van der Waals surface area (Å²) >= 11 is 0. The Bertz CT molecular complexity index is 715. The minimum absolute atomic E-state index is 0.715. The highest BCUT2D eigenvalue weighted by molar-refractivity contribution is 5.82. The third-order valence-corrected chi connectivity index (χ3v) is 3.33. The van der Waals surface area contributed by atoms with Crippen LogP contribution in [0.25, 0.3) is 10.9 Å². The highest BCUT2D eigenvalue weighted by Gasteiger charge is 2.10. The van der Waals surface area contributed by atoms with Crippen LogP contribution in [-0.2, 0) is 13.0 Å². The summed E-state index contributed by atoms with van der Waals surface area (Å²) in [6.45, 7) is 2.96. The topological polar surface area (TPSA) is 56.7 Å². The number of hydrogen-bond donors (Lipinski definition) is 1. The second kappa shape index (κ2) is 4.72. The summed E-state index contributed by atoms with van der Waals surface area (Å²) < 4.78 is 2.03. The van der Waals surface area contributed by atoms with Crippen LogP contribution in [-0.4, -0.2) is 14.8 Å². The van der Waals surface area contributed by atoms with Gasteiger partial charge in [0.2, 0.25) is 0 Å². The second-order valence-electron chi connectivity index (χ2n) is 4.53. The quantitative estimate of drug-likeness (QED) is 0.779. The number of para-hydroxylation sites is 1. The molecular weight excluding hydrogens is 236 g/mol. The van der Waals surface area contributed by atoms with E-state index in [9.17, 15) is 0 Å². The average Bonchev–Trinajstić information content (AvgIpc) is 2.80. The lowest BCUT2D eigenvalue weighted by atomic mass is 10.1. The molecule has 0 spiro atoms. The smallest absolute Gasteiger partial charge is 0.0748 e. The average molecular weight is 252 g/mol. The molecule has 4 nitrogen and oxygen atoms in total. The Labute approximate surface area is 111 Å². The summed E-state index contributed by atoms with van der Waals surface area (Å²) in [7, 11) is 0. The van der Waals surface area contributed by atoms with Gasteiger partial charge in [0.05, 0.1) is 11.2 Å². The fourth-order valence-electron chi connectivity index (χ4n) is 2.33. The van der Waals surface area contributed by atoms with Gasteiger partial charge in [0.1, 0.15) is 0 Å². The van der Waals surface area contributed by atoms with Crippen LogP contribution in [0.5, 0.6) is 0 Å². The van der Waals surface area contributed by atoms with Gasteiger partial charge in [-0.2, -0.15) is 5.10 Å². The van der Waals surface area contributed by atoms with Crippen molar-refractivity contribution in [1.82, 2.24) is 14.8 Å². The van der Waals surface area contributed by atoms with E-state index in [-0.39, 0.29) is 0 Å². The molecule has 1 aromatic carbocycles. The van der Waals surface area contributed by atoms with Crippen LogP contribution in [0, 0.1) is 0 Å². The monoisotopic (exact) mass is 252 g/mol. The van der Waals surface area contributed by atoms with E-state index in [1.807, 2.05) is 29.1 Å². The van der Waals surface area contributed by atoms with Crippen molar-refractivity contribution in [2.75, 3.05) is 5.73 Å². The molecule has 0 bridgehead atoms. The largest absolute Gasteiger partial charge is 0.398 e. The molecule has 0 saturated carbocycles. The van der Waals surface area contributed by atoms with E-state index in [0.29, 0.717) is 6.42 Å². The zero-order chi connectivity index (χ0) is 13.2. The molecule has 3 rings (SSSR count). The number of aryl methyl sites for hydroxylation is 1. The van der Waals surface area contributed by atoms with Crippen LogP contribution < -0.4 is 5.73 Å². The number of nitrogen functional groups attached to an aromatic ring is 1. The first-order valence-electron chi connectivity index (χ1n) is 6.42. The maximum Gasteiger partial charge on any atom is 0.0748 e. The third-order valence-electron chi connectivity index (χ3n) is 3.33. The van der Waals surface area contributed by atoms with Crippen LogP contribution in [0.15, 0.2) is 42.7 Å². The minimum atomic E-state index is 0.715. The van der Waals surface area contributed by atoms with Gasteiger partial charge in [0.15, 0.2) is 0 Å².